The molecule has 0 saturated carbocycles. The van der Waals surface area contributed by atoms with Gasteiger partial charge in [-0.05, 0) is 42.5 Å². The van der Waals surface area contributed by atoms with Crippen molar-refractivity contribution in [2.75, 3.05) is 5.32 Å². The average molecular weight is 367 g/mol. The maximum absolute atomic E-state index is 12.2. The fourth-order valence-corrected chi connectivity index (χ4v) is 2.83. The van der Waals surface area contributed by atoms with Crippen LogP contribution in [0.2, 0.25) is 5.02 Å². The average Bonchev–Trinajstić information content (AvgIpc) is 3.30. The van der Waals surface area contributed by atoms with Crippen molar-refractivity contribution < 1.29 is 9.32 Å². The van der Waals surface area contributed by atoms with Crippen LogP contribution in [0.5, 0.6) is 0 Å². The highest BCUT2D eigenvalue weighted by molar-refractivity contribution is 6.30. The zero-order chi connectivity index (χ0) is 17.9. The molecule has 0 bridgehead atoms. The molecule has 4 aromatic rings. The van der Waals surface area contributed by atoms with Crippen molar-refractivity contribution in [1.82, 2.24) is 15.1 Å². The molecule has 0 unspecified atom stereocenters. The lowest BCUT2D eigenvalue weighted by molar-refractivity contribution is -0.116. The lowest BCUT2D eigenvalue weighted by Crippen LogP contribution is -2.12. The van der Waals surface area contributed by atoms with E-state index in [1.54, 1.807) is 12.1 Å². The Balaban J connectivity index is 1.39. The van der Waals surface area contributed by atoms with E-state index in [0.717, 1.165) is 22.2 Å². The number of hydrogen-bond donors (Lipinski definition) is 2. The van der Waals surface area contributed by atoms with E-state index in [0.29, 0.717) is 23.2 Å². The van der Waals surface area contributed by atoms with Crippen LogP contribution < -0.4 is 5.32 Å². The van der Waals surface area contributed by atoms with Crippen molar-refractivity contribution in [3.63, 3.8) is 0 Å². The summed E-state index contributed by atoms with van der Waals surface area (Å²) >= 11 is 5.87. The molecule has 0 atom stereocenters. The Bertz CT molecular complexity index is 1050. The molecule has 7 heteroatoms. The van der Waals surface area contributed by atoms with Crippen LogP contribution in [0.3, 0.4) is 0 Å². The van der Waals surface area contributed by atoms with E-state index >= 15 is 0 Å². The molecule has 2 N–H and O–H groups in total. The molecule has 0 saturated heterocycles. The number of rotatable bonds is 5. The maximum atomic E-state index is 12.2. The number of nitrogens with zero attached hydrogens (tertiary/aromatic N) is 2. The van der Waals surface area contributed by atoms with Gasteiger partial charge in [0.05, 0.1) is 5.69 Å². The zero-order valence-electron chi connectivity index (χ0n) is 13.7. The van der Waals surface area contributed by atoms with E-state index in [2.05, 4.69) is 20.4 Å². The Labute approximate surface area is 154 Å². The molecule has 0 aliphatic heterocycles. The third kappa shape index (κ3) is 3.45. The first-order valence-corrected chi connectivity index (χ1v) is 8.51. The third-order valence-electron chi connectivity index (χ3n) is 4.01. The lowest BCUT2D eigenvalue weighted by atomic mass is 10.2. The molecule has 130 valence electrons. The van der Waals surface area contributed by atoms with Crippen molar-refractivity contribution >= 4 is 34.1 Å². The van der Waals surface area contributed by atoms with Gasteiger partial charge in [-0.25, -0.2) is 0 Å². The summed E-state index contributed by atoms with van der Waals surface area (Å²) in [5.74, 6) is 0.795. The topological polar surface area (TPSA) is 83.8 Å². The number of benzene rings is 2. The number of nitrogens with one attached hydrogen (secondary N) is 2. The van der Waals surface area contributed by atoms with Gasteiger partial charge in [-0.15, -0.1) is 0 Å². The first-order chi connectivity index (χ1) is 12.7. The van der Waals surface area contributed by atoms with Crippen molar-refractivity contribution in [3.8, 4) is 11.4 Å². The largest absolute Gasteiger partial charge is 0.361 e. The maximum Gasteiger partial charge on any atom is 0.227 e. The second kappa shape index (κ2) is 7.01. The molecule has 0 spiro atoms. The molecule has 2 aromatic carbocycles. The van der Waals surface area contributed by atoms with Crippen molar-refractivity contribution in [3.05, 3.63) is 65.6 Å². The first kappa shape index (κ1) is 16.4. The molecule has 2 aromatic heterocycles. The van der Waals surface area contributed by atoms with Crippen LogP contribution >= 0.6 is 11.6 Å². The summed E-state index contributed by atoms with van der Waals surface area (Å²) < 4.78 is 5.23. The van der Waals surface area contributed by atoms with Gasteiger partial charge in [0.2, 0.25) is 17.6 Å². The van der Waals surface area contributed by atoms with E-state index in [9.17, 15) is 4.79 Å². The highest BCUT2D eigenvalue weighted by atomic mass is 35.5. The van der Waals surface area contributed by atoms with Crippen LogP contribution in [-0.4, -0.2) is 21.0 Å². The van der Waals surface area contributed by atoms with Gasteiger partial charge in [-0.1, -0.05) is 22.8 Å². The second-order valence-corrected chi connectivity index (χ2v) is 6.25. The molecule has 2 heterocycles. The Kier molecular flexibility index (Phi) is 4.41. The molecule has 4 rings (SSSR count). The van der Waals surface area contributed by atoms with E-state index in [4.69, 9.17) is 16.1 Å². The monoisotopic (exact) mass is 366 g/mol. The number of fused-ring (bicyclic) bond motifs is 1. The third-order valence-corrected chi connectivity index (χ3v) is 4.26. The van der Waals surface area contributed by atoms with Gasteiger partial charge < -0.3 is 14.8 Å². The van der Waals surface area contributed by atoms with E-state index in [1.165, 1.54) is 0 Å². The molecule has 0 aliphatic carbocycles. The number of amides is 1. The van der Waals surface area contributed by atoms with Gasteiger partial charge in [0.15, 0.2) is 0 Å². The molecule has 0 radical (unpaired) electrons. The van der Waals surface area contributed by atoms with Crippen LogP contribution in [0.1, 0.15) is 12.3 Å². The van der Waals surface area contributed by atoms with Gasteiger partial charge >= 0.3 is 0 Å². The van der Waals surface area contributed by atoms with Gasteiger partial charge in [0, 0.05) is 40.5 Å². The molecule has 0 aliphatic rings. The molecular weight excluding hydrogens is 352 g/mol. The fraction of sp³-hybridized carbons (Fsp3) is 0.105. The quantitative estimate of drug-likeness (QED) is 0.546. The minimum absolute atomic E-state index is 0.107. The summed E-state index contributed by atoms with van der Waals surface area (Å²) in [6.45, 7) is 0. The summed E-state index contributed by atoms with van der Waals surface area (Å²) in [7, 11) is 0. The smallest absolute Gasteiger partial charge is 0.227 e. The Morgan fingerprint density at radius 3 is 2.85 bits per heavy atom. The SMILES string of the molecule is O=C(CCc1nc(-c2ccc(Cl)cc2)no1)Nc1cccc2[nH]ccc12. The predicted octanol–water partition coefficient (Wildman–Crippen LogP) is 4.44. The van der Waals surface area contributed by atoms with E-state index in [-0.39, 0.29) is 12.3 Å². The second-order valence-electron chi connectivity index (χ2n) is 5.81. The number of aromatic amines is 1. The van der Waals surface area contributed by atoms with Crippen molar-refractivity contribution in [2.45, 2.75) is 12.8 Å². The van der Waals surface area contributed by atoms with Crippen molar-refractivity contribution in [2.24, 2.45) is 0 Å². The number of anilines is 1. The standard InChI is InChI=1S/C19H15ClN4O2/c20-13-6-4-12(5-7-13)19-23-18(26-24-19)9-8-17(25)22-16-3-1-2-15-14(16)10-11-21-15/h1-7,10-11,21H,8-9H2,(H,22,25). The number of carbonyl (C=O) groups is 1. The number of halogens is 1. The minimum Gasteiger partial charge on any atom is -0.361 e. The molecule has 6 nitrogen and oxygen atoms in total. The number of aromatic nitrogens is 3. The summed E-state index contributed by atoms with van der Waals surface area (Å²) in [6.07, 6.45) is 2.47. The summed E-state index contributed by atoms with van der Waals surface area (Å²) in [5, 5.41) is 8.49. The number of carbonyl (C=O) groups excluding carboxylic acids is 1. The highest BCUT2D eigenvalue weighted by Crippen LogP contribution is 2.22. The summed E-state index contributed by atoms with van der Waals surface area (Å²) in [6, 6.07) is 14.8. The lowest BCUT2D eigenvalue weighted by Gasteiger charge is -2.05. The Morgan fingerprint density at radius 2 is 2.00 bits per heavy atom. The Hall–Kier alpha value is -3.12. The van der Waals surface area contributed by atoms with Gasteiger partial charge in [-0.3, -0.25) is 4.79 Å². The summed E-state index contributed by atoms with van der Waals surface area (Å²) in [5.41, 5.74) is 2.57. The highest BCUT2D eigenvalue weighted by Gasteiger charge is 2.12. The van der Waals surface area contributed by atoms with Crippen LogP contribution in [-0.2, 0) is 11.2 Å². The van der Waals surface area contributed by atoms with Crippen LogP contribution in [0.15, 0.2) is 59.3 Å². The molecule has 1 amide bonds. The molecule has 26 heavy (non-hydrogen) atoms. The van der Waals surface area contributed by atoms with Gasteiger partial charge in [0.1, 0.15) is 0 Å². The van der Waals surface area contributed by atoms with E-state index in [1.807, 2.05) is 42.6 Å². The van der Waals surface area contributed by atoms with Gasteiger partial charge in [-0.2, -0.15) is 4.98 Å². The molecular formula is C19H15ClN4O2. The minimum atomic E-state index is -0.107. The van der Waals surface area contributed by atoms with Gasteiger partial charge in [0.25, 0.3) is 0 Å². The van der Waals surface area contributed by atoms with Crippen molar-refractivity contribution in [1.29, 1.82) is 0 Å². The van der Waals surface area contributed by atoms with Crippen LogP contribution in [0, 0.1) is 0 Å². The zero-order valence-corrected chi connectivity index (χ0v) is 14.5. The molecule has 0 fully saturated rings. The number of H-pyrrole nitrogens is 1. The fourth-order valence-electron chi connectivity index (χ4n) is 2.70. The summed E-state index contributed by atoms with van der Waals surface area (Å²) in [4.78, 5) is 19.7. The number of hydrogen-bond acceptors (Lipinski definition) is 4. The van der Waals surface area contributed by atoms with Crippen LogP contribution in [0.4, 0.5) is 5.69 Å². The van der Waals surface area contributed by atoms with Crippen LogP contribution in [0.25, 0.3) is 22.3 Å². The predicted molar refractivity (Wildman–Crippen MR) is 100.0 cm³/mol. The first-order valence-electron chi connectivity index (χ1n) is 8.13. The van der Waals surface area contributed by atoms with E-state index < -0.39 is 0 Å². The Morgan fingerprint density at radius 1 is 1.15 bits per heavy atom. The normalized spacial score (nSPS) is 11.0. The number of aryl methyl sites for hydroxylation is 1.